The number of piperazine rings is 1. The fraction of sp³-hybridized carbons (Fsp3) is 0.360. The van der Waals surface area contributed by atoms with Gasteiger partial charge in [-0.1, -0.05) is 36.4 Å². The molecule has 7 heteroatoms. The molecule has 1 saturated heterocycles. The van der Waals surface area contributed by atoms with Crippen molar-refractivity contribution in [2.75, 3.05) is 67.3 Å². The molecule has 2 aromatic carbocycles. The highest BCUT2D eigenvalue weighted by Gasteiger charge is 2.20. The SMILES string of the molecule is CCNc1cccc(Nc2cc(N(C)C)nc(N3CCN(Cc4ccccc4)CC3)n2)c1. The molecule has 1 aliphatic heterocycles. The Bertz CT molecular complexity index is 998. The van der Waals surface area contributed by atoms with Crippen molar-refractivity contribution in [3.8, 4) is 0 Å². The molecule has 32 heavy (non-hydrogen) atoms. The zero-order valence-corrected chi connectivity index (χ0v) is 19.3. The van der Waals surface area contributed by atoms with Crippen LogP contribution in [0.3, 0.4) is 0 Å². The Labute approximate surface area is 191 Å². The van der Waals surface area contributed by atoms with Gasteiger partial charge in [-0.05, 0) is 30.7 Å². The van der Waals surface area contributed by atoms with E-state index in [1.54, 1.807) is 0 Å². The van der Waals surface area contributed by atoms with Gasteiger partial charge in [0.1, 0.15) is 11.6 Å². The van der Waals surface area contributed by atoms with Crippen LogP contribution in [0.1, 0.15) is 12.5 Å². The van der Waals surface area contributed by atoms with Gasteiger partial charge in [0.05, 0.1) is 0 Å². The van der Waals surface area contributed by atoms with Crippen molar-refractivity contribution in [1.82, 2.24) is 14.9 Å². The third-order valence-corrected chi connectivity index (χ3v) is 5.58. The predicted octanol–water partition coefficient (Wildman–Crippen LogP) is 4.04. The van der Waals surface area contributed by atoms with Crippen LogP contribution < -0.4 is 20.4 Å². The first-order valence-electron chi connectivity index (χ1n) is 11.3. The van der Waals surface area contributed by atoms with Gasteiger partial charge in [0.15, 0.2) is 0 Å². The summed E-state index contributed by atoms with van der Waals surface area (Å²) in [6.45, 7) is 7.80. The van der Waals surface area contributed by atoms with Gasteiger partial charge in [-0.25, -0.2) is 0 Å². The largest absolute Gasteiger partial charge is 0.385 e. The van der Waals surface area contributed by atoms with Crippen LogP contribution in [0.5, 0.6) is 0 Å². The van der Waals surface area contributed by atoms with Gasteiger partial charge in [0.25, 0.3) is 0 Å². The summed E-state index contributed by atoms with van der Waals surface area (Å²) in [6.07, 6.45) is 0. The van der Waals surface area contributed by atoms with Crippen LogP contribution in [0.25, 0.3) is 0 Å². The van der Waals surface area contributed by atoms with E-state index in [-0.39, 0.29) is 0 Å². The summed E-state index contributed by atoms with van der Waals surface area (Å²) in [5.74, 6) is 2.48. The predicted molar refractivity (Wildman–Crippen MR) is 134 cm³/mol. The quantitative estimate of drug-likeness (QED) is 0.558. The van der Waals surface area contributed by atoms with Crippen molar-refractivity contribution in [1.29, 1.82) is 0 Å². The first-order valence-corrected chi connectivity index (χ1v) is 11.3. The van der Waals surface area contributed by atoms with E-state index in [1.807, 2.05) is 31.1 Å². The summed E-state index contributed by atoms with van der Waals surface area (Å²) in [5, 5.41) is 6.82. The van der Waals surface area contributed by atoms with E-state index in [2.05, 4.69) is 75.9 Å². The summed E-state index contributed by atoms with van der Waals surface area (Å²) in [7, 11) is 4.03. The van der Waals surface area contributed by atoms with E-state index >= 15 is 0 Å². The second-order valence-corrected chi connectivity index (χ2v) is 8.29. The fourth-order valence-electron chi connectivity index (χ4n) is 3.86. The number of hydrogen-bond donors (Lipinski definition) is 2. The molecule has 1 aromatic heterocycles. The van der Waals surface area contributed by atoms with Crippen molar-refractivity contribution in [3.63, 3.8) is 0 Å². The van der Waals surface area contributed by atoms with E-state index in [1.165, 1.54) is 5.56 Å². The van der Waals surface area contributed by atoms with Crippen molar-refractivity contribution < 1.29 is 0 Å². The maximum atomic E-state index is 4.86. The highest BCUT2D eigenvalue weighted by atomic mass is 15.3. The fourth-order valence-corrected chi connectivity index (χ4v) is 3.86. The van der Waals surface area contributed by atoms with Gasteiger partial charge in [0, 0.05) is 70.8 Å². The number of aromatic nitrogens is 2. The van der Waals surface area contributed by atoms with Gasteiger partial charge in [-0.3, -0.25) is 4.90 Å². The number of rotatable bonds is 8. The van der Waals surface area contributed by atoms with Crippen molar-refractivity contribution >= 4 is 29.0 Å². The van der Waals surface area contributed by atoms with Crippen molar-refractivity contribution in [2.24, 2.45) is 0 Å². The van der Waals surface area contributed by atoms with E-state index in [0.717, 1.165) is 68.2 Å². The molecule has 2 N–H and O–H groups in total. The second kappa shape index (κ2) is 10.3. The lowest BCUT2D eigenvalue weighted by Crippen LogP contribution is -2.46. The number of hydrogen-bond acceptors (Lipinski definition) is 7. The Balaban J connectivity index is 1.47. The highest BCUT2D eigenvalue weighted by molar-refractivity contribution is 5.65. The molecule has 0 atom stereocenters. The number of anilines is 5. The van der Waals surface area contributed by atoms with Crippen LogP contribution in [0, 0.1) is 0 Å². The zero-order valence-electron chi connectivity index (χ0n) is 19.3. The Morgan fingerprint density at radius 2 is 1.62 bits per heavy atom. The minimum Gasteiger partial charge on any atom is -0.385 e. The average molecular weight is 432 g/mol. The van der Waals surface area contributed by atoms with Crippen LogP contribution in [-0.2, 0) is 6.54 Å². The third-order valence-electron chi connectivity index (χ3n) is 5.58. The van der Waals surface area contributed by atoms with Crippen LogP contribution in [0.4, 0.5) is 29.0 Å². The smallest absolute Gasteiger partial charge is 0.229 e. The molecule has 0 amide bonds. The molecular formula is C25H33N7. The normalized spacial score (nSPS) is 14.3. The lowest BCUT2D eigenvalue weighted by atomic mass is 10.2. The van der Waals surface area contributed by atoms with E-state index in [0.29, 0.717) is 0 Å². The van der Waals surface area contributed by atoms with Gasteiger partial charge in [0.2, 0.25) is 5.95 Å². The lowest BCUT2D eigenvalue weighted by Gasteiger charge is -2.35. The Morgan fingerprint density at radius 3 is 2.34 bits per heavy atom. The molecule has 168 valence electrons. The molecule has 1 fully saturated rings. The number of nitrogens with one attached hydrogen (secondary N) is 2. The monoisotopic (exact) mass is 431 g/mol. The Morgan fingerprint density at radius 1 is 0.875 bits per heavy atom. The minimum atomic E-state index is 0.779. The number of benzene rings is 2. The Kier molecular flexibility index (Phi) is 7.07. The summed E-state index contributed by atoms with van der Waals surface area (Å²) in [5.41, 5.74) is 3.46. The molecule has 4 rings (SSSR count). The van der Waals surface area contributed by atoms with Crippen LogP contribution in [-0.4, -0.2) is 61.7 Å². The minimum absolute atomic E-state index is 0.779. The lowest BCUT2D eigenvalue weighted by molar-refractivity contribution is 0.249. The molecule has 3 aromatic rings. The maximum Gasteiger partial charge on any atom is 0.229 e. The average Bonchev–Trinajstić information content (AvgIpc) is 2.80. The molecule has 0 unspecified atom stereocenters. The zero-order chi connectivity index (χ0) is 22.3. The topological polar surface area (TPSA) is 59.6 Å². The third kappa shape index (κ3) is 5.68. The molecular weight excluding hydrogens is 398 g/mol. The van der Waals surface area contributed by atoms with E-state index < -0.39 is 0 Å². The van der Waals surface area contributed by atoms with Crippen molar-refractivity contribution in [3.05, 3.63) is 66.2 Å². The molecule has 0 radical (unpaired) electrons. The van der Waals surface area contributed by atoms with Gasteiger partial charge in [-0.15, -0.1) is 0 Å². The highest BCUT2D eigenvalue weighted by Crippen LogP contribution is 2.24. The second-order valence-electron chi connectivity index (χ2n) is 8.29. The van der Waals surface area contributed by atoms with Gasteiger partial charge in [-0.2, -0.15) is 9.97 Å². The molecule has 1 aliphatic rings. The summed E-state index contributed by atoms with van der Waals surface area (Å²) >= 11 is 0. The van der Waals surface area contributed by atoms with Crippen LogP contribution in [0.15, 0.2) is 60.7 Å². The molecule has 0 bridgehead atoms. The van der Waals surface area contributed by atoms with Gasteiger partial charge >= 0.3 is 0 Å². The molecule has 0 aliphatic carbocycles. The van der Waals surface area contributed by atoms with Crippen molar-refractivity contribution in [2.45, 2.75) is 13.5 Å². The maximum absolute atomic E-state index is 4.86. The standard InChI is InChI=1S/C25H33N7/c1-4-26-21-11-8-12-22(17-21)27-23-18-24(30(2)3)29-25(28-23)32-15-13-31(14-16-32)19-20-9-6-5-7-10-20/h5-12,17-18,26H,4,13-16,19H2,1-3H3,(H,27,28,29). The van der Waals surface area contributed by atoms with Gasteiger partial charge < -0.3 is 20.4 Å². The number of nitrogens with zero attached hydrogens (tertiary/aromatic N) is 5. The molecule has 2 heterocycles. The van der Waals surface area contributed by atoms with Crippen LogP contribution in [0.2, 0.25) is 0 Å². The Hall–Kier alpha value is -3.32. The first-order chi connectivity index (χ1) is 15.6. The molecule has 0 spiro atoms. The van der Waals surface area contributed by atoms with Crippen LogP contribution >= 0.6 is 0 Å². The van der Waals surface area contributed by atoms with E-state index in [4.69, 9.17) is 9.97 Å². The summed E-state index contributed by atoms with van der Waals surface area (Å²) in [4.78, 5) is 16.5. The summed E-state index contributed by atoms with van der Waals surface area (Å²) in [6, 6.07) is 20.9. The van der Waals surface area contributed by atoms with E-state index in [9.17, 15) is 0 Å². The molecule has 7 nitrogen and oxygen atoms in total. The summed E-state index contributed by atoms with van der Waals surface area (Å²) < 4.78 is 0. The first kappa shape index (κ1) is 21.9. The molecule has 0 saturated carbocycles.